The summed E-state index contributed by atoms with van der Waals surface area (Å²) in [7, 11) is 0. The molecular weight excluding hydrogens is 348 g/mol. The Balaban J connectivity index is 0.000000354. The molecule has 28 heavy (non-hydrogen) atoms. The SMILES string of the molecule is CCCCCCCCN(C=O)CCCCCCCC.c1ccc2[nH]nnc2c1. The van der Waals surface area contributed by atoms with Gasteiger partial charge in [-0.3, -0.25) is 9.89 Å². The van der Waals surface area contributed by atoms with Crippen molar-refractivity contribution in [3.63, 3.8) is 0 Å². The average Bonchev–Trinajstić information content (AvgIpc) is 3.21. The van der Waals surface area contributed by atoms with Gasteiger partial charge in [0.15, 0.2) is 0 Å². The van der Waals surface area contributed by atoms with Crippen molar-refractivity contribution in [3.05, 3.63) is 24.3 Å². The molecule has 5 heteroatoms. The predicted molar refractivity (Wildman–Crippen MR) is 118 cm³/mol. The van der Waals surface area contributed by atoms with Crippen LogP contribution in [0.25, 0.3) is 11.0 Å². The fourth-order valence-electron chi connectivity index (χ4n) is 3.20. The van der Waals surface area contributed by atoms with Gasteiger partial charge in [0.2, 0.25) is 6.41 Å². The first-order chi connectivity index (χ1) is 13.8. The van der Waals surface area contributed by atoms with Crippen molar-refractivity contribution >= 4 is 17.4 Å². The molecule has 0 atom stereocenters. The lowest BCUT2D eigenvalue weighted by Crippen LogP contribution is -2.24. The summed E-state index contributed by atoms with van der Waals surface area (Å²) in [6, 6.07) is 7.74. The van der Waals surface area contributed by atoms with Crippen LogP contribution in [0.3, 0.4) is 0 Å². The molecule has 158 valence electrons. The molecule has 0 saturated heterocycles. The molecule has 2 rings (SSSR count). The van der Waals surface area contributed by atoms with E-state index in [0.717, 1.165) is 30.5 Å². The van der Waals surface area contributed by atoms with Crippen molar-refractivity contribution in [1.29, 1.82) is 0 Å². The van der Waals surface area contributed by atoms with Crippen molar-refractivity contribution in [2.75, 3.05) is 13.1 Å². The van der Waals surface area contributed by atoms with Crippen LogP contribution in [0, 0.1) is 0 Å². The molecule has 0 fully saturated rings. The number of benzene rings is 1. The Hall–Kier alpha value is -1.91. The number of aromatic nitrogens is 3. The van der Waals surface area contributed by atoms with Gasteiger partial charge in [-0.15, -0.1) is 5.10 Å². The Bertz CT molecular complexity index is 553. The Morgan fingerprint density at radius 3 is 1.89 bits per heavy atom. The summed E-state index contributed by atoms with van der Waals surface area (Å²) in [5, 5.41) is 10.2. The molecule has 0 radical (unpaired) electrons. The van der Waals surface area contributed by atoms with Crippen LogP contribution in [0.1, 0.15) is 90.9 Å². The average molecular weight is 389 g/mol. The second-order valence-corrected chi connectivity index (χ2v) is 7.51. The Kier molecular flexibility index (Phi) is 14.8. The summed E-state index contributed by atoms with van der Waals surface area (Å²) in [5.74, 6) is 0. The number of amides is 1. The number of carbonyl (C=O) groups excluding carboxylic acids is 1. The molecule has 1 N–H and O–H groups in total. The van der Waals surface area contributed by atoms with Crippen molar-refractivity contribution in [2.45, 2.75) is 90.9 Å². The third-order valence-electron chi connectivity index (χ3n) is 4.98. The van der Waals surface area contributed by atoms with E-state index < -0.39 is 0 Å². The zero-order valence-corrected chi connectivity index (χ0v) is 18.0. The van der Waals surface area contributed by atoms with Gasteiger partial charge in [0.25, 0.3) is 0 Å². The highest BCUT2D eigenvalue weighted by Gasteiger charge is 2.01. The van der Waals surface area contributed by atoms with Gasteiger partial charge in [-0.25, -0.2) is 0 Å². The summed E-state index contributed by atoms with van der Waals surface area (Å²) in [6.07, 6.45) is 16.6. The standard InChI is InChI=1S/C17H35NO.C6H5N3/c1-3-5-7-9-11-13-15-18(17-19)16-14-12-10-8-6-4-2;1-2-4-6-5(3-1)7-9-8-6/h17H,3-16H2,1-2H3;1-4H,(H,7,8,9). The van der Waals surface area contributed by atoms with Gasteiger partial charge >= 0.3 is 0 Å². The van der Waals surface area contributed by atoms with E-state index in [1.54, 1.807) is 0 Å². The van der Waals surface area contributed by atoms with Crippen LogP contribution >= 0.6 is 0 Å². The highest BCUT2D eigenvalue weighted by Crippen LogP contribution is 2.08. The van der Waals surface area contributed by atoms with E-state index in [1.807, 2.05) is 29.2 Å². The van der Waals surface area contributed by atoms with E-state index >= 15 is 0 Å². The summed E-state index contributed by atoms with van der Waals surface area (Å²) >= 11 is 0. The van der Waals surface area contributed by atoms with Crippen LogP contribution < -0.4 is 0 Å². The fraction of sp³-hybridized carbons (Fsp3) is 0.696. The number of unbranched alkanes of at least 4 members (excludes halogenated alkanes) is 10. The minimum Gasteiger partial charge on any atom is -0.345 e. The smallest absolute Gasteiger partial charge is 0.209 e. The molecular formula is C23H40N4O. The van der Waals surface area contributed by atoms with Crippen molar-refractivity contribution < 1.29 is 4.79 Å². The molecule has 0 unspecified atom stereocenters. The van der Waals surface area contributed by atoms with E-state index in [1.165, 1.54) is 77.0 Å². The van der Waals surface area contributed by atoms with Crippen LogP contribution in [0.2, 0.25) is 0 Å². The molecule has 0 spiro atoms. The third-order valence-corrected chi connectivity index (χ3v) is 4.98. The van der Waals surface area contributed by atoms with E-state index in [9.17, 15) is 4.79 Å². The number of hydrogen-bond acceptors (Lipinski definition) is 3. The molecule has 5 nitrogen and oxygen atoms in total. The van der Waals surface area contributed by atoms with Gasteiger partial charge in [0, 0.05) is 13.1 Å². The lowest BCUT2D eigenvalue weighted by atomic mass is 10.1. The zero-order chi connectivity index (χ0) is 20.3. The molecule has 0 aliphatic rings. The number of aromatic amines is 1. The van der Waals surface area contributed by atoms with E-state index in [4.69, 9.17) is 0 Å². The summed E-state index contributed by atoms with van der Waals surface area (Å²) in [5.41, 5.74) is 1.90. The summed E-state index contributed by atoms with van der Waals surface area (Å²) in [6.45, 7) is 6.42. The first-order valence-corrected chi connectivity index (χ1v) is 11.3. The fourth-order valence-corrected chi connectivity index (χ4v) is 3.20. The first-order valence-electron chi connectivity index (χ1n) is 11.3. The molecule has 1 heterocycles. The largest absolute Gasteiger partial charge is 0.345 e. The molecule has 2 aromatic rings. The maximum atomic E-state index is 11.0. The van der Waals surface area contributed by atoms with Crippen molar-refractivity contribution in [1.82, 2.24) is 20.3 Å². The maximum absolute atomic E-state index is 11.0. The number of para-hydroxylation sites is 1. The number of hydrogen-bond donors (Lipinski definition) is 1. The van der Waals surface area contributed by atoms with E-state index in [0.29, 0.717) is 0 Å². The Morgan fingerprint density at radius 2 is 1.36 bits per heavy atom. The molecule has 1 amide bonds. The maximum Gasteiger partial charge on any atom is 0.209 e. The lowest BCUT2D eigenvalue weighted by Gasteiger charge is -2.17. The highest BCUT2D eigenvalue weighted by atomic mass is 16.1. The Labute approximate surface area is 171 Å². The normalized spacial score (nSPS) is 10.5. The van der Waals surface area contributed by atoms with Gasteiger partial charge in [0.05, 0.1) is 5.52 Å². The molecule has 0 aliphatic heterocycles. The number of nitrogens with zero attached hydrogens (tertiary/aromatic N) is 3. The molecule has 0 bridgehead atoms. The van der Waals surface area contributed by atoms with Crippen LogP contribution in [-0.2, 0) is 4.79 Å². The topological polar surface area (TPSA) is 61.9 Å². The van der Waals surface area contributed by atoms with Crippen LogP contribution in [0.4, 0.5) is 0 Å². The van der Waals surface area contributed by atoms with E-state index in [-0.39, 0.29) is 0 Å². The quantitative estimate of drug-likeness (QED) is 0.295. The predicted octanol–water partition coefficient (Wildman–Crippen LogP) is 6.12. The van der Waals surface area contributed by atoms with Gasteiger partial charge < -0.3 is 4.90 Å². The first kappa shape index (κ1) is 24.1. The highest BCUT2D eigenvalue weighted by molar-refractivity contribution is 5.72. The third kappa shape index (κ3) is 11.7. The van der Waals surface area contributed by atoms with Crippen molar-refractivity contribution in [2.24, 2.45) is 0 Å². The number of nitrogens with one attached hydrogen (secondary N) is 1. The monoisotopic (exact) mass is 388 g/mol. The summed E-state index contributed by atoms with van der Waals surface area (Å²) < 4.78 is 0. The molecule has 0 saturated carbocycles. The number of fused-ring (bicyclic) bond motifs is 1. The number of H-pyrrole nitrogens is 1. The van der Waals surface area contributed by atoms with Gasteiger partial charge in [-0.1, -0.05) is 95.4 Å². The molecule has 1 aromatic carbocycles. The molecule has 1 aromatic heterocycles. The minimum atomic E-state index is 0.914. The Morgan fingerprint density at radius 1 is 0.821 bits per heavy atom. The lowest BCUT2D eigenvalue weighted by molar-refractivity contribution is -0.118. The van der Waals surface area contributed by atoms with Crippen LogP contribution in [-0.4, -0.2) is 39.8 Å². The number of carbonyl (C=O) groups is 1. The van der Waals surface area contributed by atoms with E-state index in [2.05, 4.69) is 29.3 Å². The minimum absolute atomic E-state index is 0.914. The van der Waals surface area contributed by atoms with Gasteiger partial charge in [-0.05, 0) is 25.0 Å². The zero-order valence-electron chi connectivity index (χ0n) is 18.0. The van der Waals surface area contributed by atoms with Gasteiger partial charge in [-0.2, -0.15) is 0 Å². The van der Waals surface area contributed by atoms with Gasteiger partial charge in [0.1, 0.15) is 5.52 Å². The number of rotatable bonds is 15. The molecule has 0 aliphatic carbocycles. The van der Waals surface area contributed by atoms with Crippen LogP contribution in [0.15, 0.2) is 24.3 Å². The van der Waals surface area contributed by atoms with Crippen LogP contribution in [0.5, 0.6) is 0 Å². The van der Waals surface area contributed by atoms with Crippen molar-refractivity contribution in [3.8, 4) is 0 Å². The second kappa shape index (κ2) is 17.2. The summed E-state index contributed by atoms with van der Waals surface area (Å²) in [4.78, 5) is 12.9. The second-order valence-electron chi connectivity index (χ2n) is 7.51.